The molecule has 1 aromatic rings. The molecular formula is C15H25ClN4O. The molecule has 1 fully saturated rings. The molecule has 118 valence electrons. The van der Waals surface area contributed by atoms with Crippen molar-refractivity contribution < 1.29 is 4.74 Å². The number of ether oxygens (including phenoxy) is 1. The standard InChI is InChI=1S/C15H25ClN4O/c1-17-15(18-9-14-6-4-5-7-21-14)20(3)11-13-8-12(16)10-19(13)2/h8,10,14H,4-7,9,11H2,1-3H3,(H,17,18). The average molecular weight is 313 g/mol. The van der Waals surface area contributed by atoms with E-state index < -0.39 is 0 Å². The number of halogens is 1. The Hall–Kier alpha value is -1.20. The Balaban J connectivity index is 1.86. The molecule has 5 nitrogen and oxygen atoms in total. The molecule has 0 amide bonds. The molecule has 1 aromatic heterocycles. The molecule has 2 heterocycles. The predicted octanol–water partition coefficient (Wildman–Crippen LogP) is 2.25. The van der Waals surface area contributed by atoms with Crippen LogP contribution in [0.1, 0.15) is 25.0 Å². The summed E-state index contributed by atoms with van der Waals surface area (Å²) in [4.78, 5) is 6.43. The Morgan fingerprint density at radius 1 is 1.57 bits per heavy atom. The third kappa shape index (κ3) is 4.64. The van der Waals surface area contributed by atoms with Crippen LogP contribution >= 0.6 is 11.6 Å². The highest BCUT2D eigenvalue weighted by atomic mass is 35.5. The van der Waals surface area contributed by atoms with Gasteiger partial charge in [0.2, 0.25) is 0 Å². The highest BCUT2D eigenvalue weighted by molar-refractivity contribution is 6.30. The highest BCUT2D eigenvalue weighted by Gasteiger charge is 2.15. The maximum absolute atomic E-state index is 6.02. The largest absolute Gasteiger partial charge is 0.376 e. The van der Waals surface area contributed by atoms with Crippen LogP contribution in [0.3, 0.4) is 0 Å². The SMILES string of the molecule is CN=C(NCC1CCCCO1)N(C)Cc1cc(Cl)cn1C. The first-order chi connectivity index (χ1) is 10.1. The molecule has 0 radical (unpaired) electrons. The van der Waals surface area contributed by atoms with Crippen LogP contribution in [0.25, 0.3) is 0 Å². The summed E-state index contributed by atoms with van der Waals surface area (Å²) in [6, 6.07) is 1.98. The van der Waals surface area contributed by atoms with Crippen LogP contribution in [-0.2, 0) is 18.3 Å². The van der Waals surface area contributed by atoms with E-state index in [9.17, 15) is 0 Å². The van der Waals surface area contributed by atoms with Crippen molar-refractivity contribution in [3.05, 3.63) is 23.0 Å². The summed E-state index contributed by atoms with van der Waals surface area (Å²) in [6.07, 6.45) is 5.77. The number of hydrogen-bond acceptors (Lipinski definition) is 2. The second-order valence-electron chi connectivity index (χ2n) is 5.53. The van der Waals surface area contributed by atoms with Gasteiger partial charge in [-0.1, -0.05) is 11.6 Å². The zero-order valence-corrected chi connectivity index (χ0v) is 13.9. The Bertz CT molecular complexity index is 480. The molecular weight excluding hydrogens is 288 g/mol. The van der Waals surface area contributed by atoms with Crippen molar-refractivity contribution in [2.75, 3.05) is 27.2 Å². The van der Waals surface area contributed by atoms with Crippen LogP contribution < -0.4 is 5.32 Å². The van der Waals surface area contributed by atoms with E-state index >= 15 is 0 Å². The summed E-state index contributed by atoms with van der Waals surface area (Å²) in [6.45, 7) is 2.45. The first-order valence-electron chi connectivity index (χ1n) is 7.44. The summed E-state index contributed by atoms with van der Waals surface area (Å²) in [5, 5.41) is 4.16. The van der Waals surface area contributed by atoms with Crippen molar-refractivity contribution in [1.82, 2.24) is 14.8 Å². The fourth-order valence-electron chi connectivity index (χ4n) is 2.60. The Morgan fingerprint density at radius 2 is 2.38 bits per heavy atom. The molecule has 1 saturated heterocycles. The van der Waals surface area contributed by atoms with E-state index in [1.807, 2.05) is 30.9 Å². The van der Waals surface area contributed by atoms with E-state index in [0.29, 0.717) is 6.10 Å². The molecule has 21 heavy (non-hydrogen) atoms. The van der Waals surface area contributed by atoms with Gasteiger partial charge in [0.05, 0.1) is 17.7 Å². The van der Waals surface area contributed by atoms with E-state index in [4.69, 9.17) is 16.3 Å². The highest BCUT2D eigenvalue weighted by Crippen LogP contribution is 2.14. The van der Waals surface area contributed by atoms with E-state index in [-0.39, 0.29) is 0 Å². The first-order valence-corrected chi connectivity index (χ1v) is 7.82. The second-order valence-corrected chi connectivity index (χ2v) is 5.97. The zero-order valence-electron chi connectivity index (χ0n) is 13.1. The molecule has 1 aliphatic rings. The number of nitrogens with one attached hydrogen (secondary N) is 1. The number of aromatic nitrogens is 1. The first kappa shape index (κ1) is 16.2. The molecule has 1 atom stereocenters. The van der Waals surface area contributed by atoms with Crippen molar-refractivity contribution in [1.29, 1.82) is 0 Å². The Kier molecular flexibility index (Phi) is 5.94. The van der Waals surface area contributed by atoms with Gasteiger partial charge in [0.25, 0.3) is 0 Å². The zero-order chi connectivity index (χ0) is 15.2. The average Bonchev–Trinajstić information content (AvgIpc) is 2.78. The smallest absolute Gasteiger partial charge is 0.193 e. The Morgan fingerprint density at radius 3 is 2.95 bits per heavy atom. The predicted molar refractivity (Wildman–Crippen MR) is 86.8 cm³/mol. The van der Waals surface area contributed by atoms with Crippen LogP contribution in [0.15, 0.2) is 17.3 Å². The van der Waals surface area contributed by atoms with Gasteiger partial charge >= 0.3 is 0 Å². The minimum atomic E-state index is 0.299. The van der Waals surface area contributed by atoms with E-state index in [2.05, 4.69) is 15.2 Å². The summed E-state index contributed by atoms with van der Waals surface area (Å²) >= 11 is 6.02. The fraction of sp³-hybridized carbons (Fsp3) is 0.667. The van der Waals surface area contributed by atoms with Gasteiger partial charge in [-0.15, -0.1) is 0 Å². The molecule has 1 unspecified atom stereocenters. The number of hydrogen-bond donors (Lipinski definition) is 1. The van der Waals surface area contributed by atoms with E-state index in [1.165, 1.54) is 12.8 Å². The number of guanidine groups is 1. The van der Waals surface area contributed by atoms with Gasteiger partial charge in [0.15, 0.2) is 5.96 Å². The van der Waals surface area contributed by atoms with Crippen molar-refractivity contribution in [3.8, 4) is 0 Å². The maximum atomic E-state index is 6.02. The molecule has 6 heteroatoms. The van der Waals surface area contributed by atoms with Crippen LogP contribution in [0.5, 0.6) is 0 Å². The molecule has 0 aliphatic carbocycles. The molecule has 0 aromatic carbocycles. The third-order valence-corrected chi connectivity index (χ3v) is 4.02. The van der Waals surface area contributed by atoms with Gasteiger partial charge in [-0.3, -0.25) is 4.99 Å². The lowest BCUT2D eigenvalue weighted by atomic mass is 10.1. The van der Waals surface area contributed by atoms with Crippen LogP contribution in [0.4, 0.5) is 0 Å². The van der Waals surface area contributed by atoms with Crippen molar-refractivity contribution in [2.45, 2.75) is 31.9 Å². The van der Waals surface area contributed by atoms with Gasteiger partial charge in [-0.25, -0.2) is 0 Å². The summed E-state index contributed by atoms with van der Waals surface area (Å²) in [5.41, 5.74) is 1.15. The van der Waals surface area contributed by atoms with Gasteiger partial charge < -0.3 is 19.5 Å². The summed E-state index contributed by atoms with van der Waals surface area (Å²) < 4.78 is 7.77. The van der Waals surface area contributed by atoms with Gasteiger partial charge in [-0.05, 0) is 25.3 Å². The van der Waals surface area contributed by atoms with Crippen LogP contribution in [0, 0.1) is 0 Å². The molecule has 2 rings (SSSR count). The molecule has 1 N–H and O–H groups in total. The number of aliphatic imine (C=N–C) groups is 1. The topological polar surface area (TPSA) is 41.8 Å². The van der Waals surface area contributed by atoms with Gasteiger partial charge in [-0.2, -0.15) is 0 Å². The Labute approximate surface area is 131 Å². The monoisotopic (exact) mass is 312 g/mol. The number of aryl methyl sites for hydroxylation is 1. The molecule has 0 saturated carbocycles. The third-order valence-electron chi connectivity index (χ3n) is 3.81. The summed E-state index contributed by atoms with van der Waals surface area (Å²) in [5.74, 6) is 0.876. The van der Waals surface area contributed by atoms with Gasteiger partial charge in [0.1, 0.15) is 0 Å². The summed E-state index contributed by atoms with van der Waals surface area (Å²) in [7, 11) is 5.83. The molecule has 1 aliphatic heterocycles. The lowest BCUT2D eigenvalue weighted by Crippen LogP contribution is -2.43. The normalized spacial score (nSPS) is 19.6. The number of rotatable bonds is 4. The van der Waals surface area contributed by atoms with Gasteiger partial charge in [0, 0.05) is 46.2 Å². The fourth-order valence-corrected chi connectivity index (χ4v) is 2.87. The lowest BCUT2D eigenvalue weighted by Gasteiger charge is -2.26. The lowest BCUT2D eigenvalue weighted by molar-refractivity contribution is 0.0191. The molecule has 0 bridgehead atoms. The second kappa shape index (κ2) is 7.71. The number of nitrogens with zero attached hydrogens (tertiary/aromatic N) is 3. The minimum Gasteiger partial charge on any atom is -0.376 e. The molecule has 0 spiro atoms. The van der Waals surface area contributed by atoms with E-state index in [0.717, 1.165) is 42.8 Å². The van der Waals surface area contributed by atoms with Crippen LogP contribution in [-0.4, -0.2) is 48.8 Å². The minimum absolute atomic E-state index is 0.299. The maximum Gasteiger partial charge on any atom is 0.193 e. The van der Waals surface area contributed by atoms with Crippen molar-refractivity contribution in [3.63, 3.8) is 0 Å². The van der Waals surface area contributed by atoms with E-state index in [1.54, 1.807) is 7.05 Å². The quantitative estimate of drug-likeness (QED) is 0.685. The van der Waals surface area contributed by atoms with Crippen molar-refractivity contribution in [2.24, 2.45) is 12.0 Å². The van der Waals surface area contributed by atoms with Crippen molar-refractivity contribution >= 4 is 17.6 Å². The van der Waals surface area contributed by atoms with Crippen LogP contribution in [0.2, 0.25) is 5.02 Å².